The van der Waals surface area contributed by atoms with Crippen LogP contribution < -0.4 is 10.2 Å². The molecule has 1 aliphatic rings. The van der Waals surface area contributed by atoms with Gasteiger partial charge in [-0.05, 0) is 31.4 Å². The molecule has 0 unspecified atom stereocenters. The van der Waals surface area contributed by atoms with Gasteiger partial charge in [-0.2, -0.15) is 15.1 Å². The molecule has 4 rings (SSSR count). The van der Waals surface area contributed by atoms with E-state index >= 15 is 0 Å². The Morgan fingerprint density at radius 3 is 2.64 bits per heavy atom. The predicted octanol–water partition coefficient (Wildman–Crippen LogP) is 3.38. The molecule has 6 nitrogen and oxygen atoms in total. The normalized spacial score (nSPS) is 14.9. The van der Waals surface area contributed by atoms with Crippen molar-refractivity contribution in [2.75, 3.05) is 23.3 Å². The van der Waals surface area contributed by atoms with Crippen molar-refractivity contribution in [3.05, 3.63) is 36.0 Å². The number of halogens is 2. The highest BCUT2D eigenvalue weighted by Crippen LogP contribution is 2.28. The number of nitrogens with one attached hydrogen (secondary N) is 1. The van der Waals surface area contributed by atoms with Crippen LogP contribution in [0.2, 0.25) is 0 Å². The van der Waals surface area contributed by atoms with E-state index in [1.165, 1.54) is 18.6 Å². The fourth-order valence-electron chi connectivity index (χ4n) is 3.12. The van der Waals surface area contributed by atoms with Gasteiger partial charge in [-0.3, -0.25) is 4.68 Å². The molecule has 0 spiro atoms. The molecule has 25 heavy (non-hydrogen) atoms. The van der Waals surface area contributed by atoms with Crippen LogP contribution in [0.5, 0.6) is 0 Å². The first-order chi connectivity index (χ1) is 12.1. The largest absolute Gasteiger partial charge is 0.356 e. The van der Waals surface area contributed by atoms with Crippen LogP contribution in [0.1, 0.15) is 19.3 Å². The van der Waals surface area contributed by atoms with E-state index in [4.69, 9.17) is 0 Å². The molecule has 0 bridgehead atoms. The van der Waals surface area contributed by atoms with Crippen LogP contribution in [-0.2, 0) is 7.05 Å². The number of piperidine rings is 1. The van der Waals surface area contributed by atoms with Crippen molar-refractivity contribution in [1.82, 2.24) is 19.7 Å². The zero-order valence-electron chi connectivity index (χ0n) is 13.8. The third kappa shape index (κ3) is 2.99. The maximum atomic E-state index is 13.9. The van der Waals surface area contributed by atoms with Crippen LogP contribution in [0.15, 0.2) is 24.4 Å². The second-order valence-electron chi connectivity index (χ2n) is 6.17. The fourth-order valence-corrected chi connectivity index (χ4v) is 3.12. The molecule has 1 saturated heterocycles. The molecule has 1 aliphatic heterocycles. The van der Waals surface area contributed by atoms with Crippen LogP contribution in [0.4, 0.5) is 26.2 Å². The molecule has 0 atom stereocenters. The molecule has 0 saturated carbocycles. The zero-order chi connectivity index (χ0) is 17.4. The number of anilines is 3. The highest BCUT2D eigenvalue weighted by molar-refractivity contribution is 5.88. The lowest BCUT2D eigenvalue weighted by molar-refractivity contribution is 0.574. The van der Waals surface area contributed by atoms with Crippen LogP contribution in [0.25, 0.3) is 11.0 Å². The quantitative estimate of drug-likeness (QED) is 0.789. The van der Waals surface area contributed by atoms with E-state index in [0.29, 0.717) is 5.65 Å². The van der Waals surface area contributed by atoms with Crippen molar-refractivity contribution in [2.45, 2.75) is 19.3 Å². The van der Waals surface area contributed by atoms with Gasteiger partial charge in [0.15, 0.2) is 5.65 Å². The molecular weight excluding hydrogens is 326 g/mol. The molecule has 1 N–H and O–H groups in total. The molecular formula is C17H18F2N6. The van der Waals surface area contributed by atoms with E-state index in [2.05, 4.69) is 25.3 Å². The fraction of sp³-hybridized carbons (Fsp3) is 0.353. The van der Waals surface area contributed by atoms with Crippen LogP contribution in [0, 0.1) is 11.6 Å². The molecule has 0 aliphatic carbocycles. The van der Waals surface area contributed by atoms with Crippen LogP contribution >= 0.6 is 0 Å². The Morgan fingerprint density at radius 1 is 1.08 bits per heavy atom. The van der Waals surface area contributed by atoms with Gasteiger partial charge in [-0.1, -0.05) is 0 Å². The minimum atomic E-state index is -0.687. The predicted molar refractivity (Wildman–Crippen MR) is 92.0 cm³/mol. The summed E-state index contributed by atoms with van der Waals surface area (Å²) in [5.41, 5.74) is 0.799. The van der Waals surface area contributed by atoms with E-state index < -0.39 is 11.6 Å². The number of aryl methyl sites for hydroxylation is 1. The first kappa shape index (κ1) is 15.7. The maximum absolute atomic E-state index is 13.9. The van der Waals surface area contributed by atoms with Gasteiger partial charge in [-0.25, -0.2) is 8.78 Å². The Labute approximate surface area is 143 Å². The van der Waals surface area contributed by atoms with Crippen LogP contribution in [0.3, 0.4) is 0 Å². The monoisotopic (exact) mass is 344 g/mol. The smallest absolute Gasteiger partial charge is 0.231 e. The summed E-state index contributed by atoms with van der Waals surface area (Å²) in [4.78, 5) is 11.2. The minimum absolute atomic E-state index is 0.132. The van der Waals surface area contributed by atoms with E-state index in [0.717, 1.165) is 43.2 Å². The Balaban J connectivity index is 1.77. The average molecular weight is 344 g/mol. The highest BCUT2D eigenvalue weighted by atomic mass is 19.1. The van der Waals surface area contributed by atoms with Gasteiger partial charge in [0, 0.05) is 26.2 Å². The first-order valence-electron chi connectivity index (χ1n) is 8.28. The summed E-state index contributed by atoms with van der Waals surface area (Å²) in [7, 11) is 1.80. The maximum Gasteiger partial charge on any atom is 0.231 e. The van der Waals surface area contributed by atoms with Crippen molar-refractivity contribution in [3.63, 3.8) is 0 Å². The topological polar surface area (TPSA) is 58.9 Å². The third-order valence-corrected chi connectivity index (χ3v) is 4.41. The van der Waals surface area contributed by atoms with Gasteiger partial charge < -0.3 is 10.2 Å². The SMILES string of the molecule is Cn1ncc2c(N3CCCCC3)nc(Nc3ccc(F)cc3F)nc21. The van der Waals surface area contributed by atoms with Gasteiger partial charge in [-0.15, -0.1) is 0 Å². The number of fused-ring (bicyclic) bond motifs is 1. The number of hydrogen-bond acceptors (Lipinski definition) is 5. The van der Waals surface area contributed by atoms with E-state index in [1.807, 2.05) is 0 Å². The van der Waals surface area contributed by atoms with E-state index in [-0.39, 0.29) is 11.6 Å². The molecule has 8 heteroatoms. The summed E-state index contributed by atoms with van der Waals surface area (Å²) in [5, 5.41) is 7.99. The van der Waals surface area contributed by atoms with Gasteiger partial charge >= 0.3 is 0 Å². The van der Waals surface area contributed by atoms with Gasteiger partial charge in [0.2, 0.25) is 5.95 Å². The van der Waals surface area contributed by atoms with Crippen molar-refractivity contribution in [2.24, 2.45) is 7.05 Å². The zero-order valence-corrected chi connectivity index (χ0v) is 13.8. The van der Waals surface area contributed by atoms with Crippen molar-refractivity contribution in [1.29, 1.82) is 0 Å². The second-order valence-corrected chi connectivity index (χ2v) is 6.17. The van der Waals surface area contributed by atoms with Gasteiger partial charge in [0.05, 0.1) is 17.3 Å². The standard InChI is InChI=1S/C17H18F2N6/c1-24-15-12(10-20-24)16(25-7-3-2-4-8-25)23-17(22-15)21-14-6-5-11(18)9-13(14)19/h5-6,9-10H,2-4,7-8H2,1H3,(H,21,22,23). The number of nitrogens with zero attached hydrogens (tertiary/aromatic N) is 5. The Bertz CT molecular complexity index is 917. The van der Waals surface area contributed by atoms with Crippen molar-refractivity contribution < 1.29 is 8.78 Å². The summed E-state index contributed by atoms with van der Waals surface area (Å²) in [6.45, 7) is 1.84. The lowest BCUT2D eigenvalue weighted by Gasteiger charge is -2.28. The summed E-state index contributed by atoms with van der Waals surface area (Å²) < 4.78 is 28.7. The summed E-state index contributed by atoms with van der Waals surface area (Å²) in [5.74, 6) is -0.252. The first-order valence-corrected chi connectivity index (χ1v) is 8.28. The third-order valence-electron chi connectivity index (χ3n) is 4.41. The van der Waals surface area contributed by atoms with Crippen LogP contribution in [-0.4, -0.2) is 32.8 Å². The molecule has 3 aromatic rings. The van der Waals surface area contributed by atoms with E-state index in [1.54, 1.807) is 17.9 Å². The van der Waals surface area contributed by atoms with Gasteiger partial charge in [0.1, 0.15) is 17.5 Å². The number of hydrogen-bond donors (Lipinski definition) is 1. The summed E-state index contributed by atoms with van der Waals surface area (Å²) in [6, 6.07) is 3.36. The number of rotatable bonds is 3. The average Bonchev–Trinajstić information content (AvgIpc) is 2.99. The van der Waals surface area contributed by atoms with Crippen molar-refractivity contribution in [3.8, 4) is 0 Å². The molecule has 1 aromatic carbocycles. The lowest BCUT2D eigenvalue weighted by Crippen LogP contribution is -2.30. The van der Waals surface area contributed by atoms with E-state index in [9.17, 15) is 8.78 Å². The molecule has 3 heterocycles. The lowest BCUT2D eigenvalue weighted by atomic mass is 10.1. The highest BCUT2D eigenvalue weighted by Gasteiger charge is 2.19. The molecule has 1 fully saturated rings. The van der Waals surface area contributed by atoms with Crippen molar-refractivity contribution >= 4 is 28.5 Å². The summed E-state index contributed by atoms with van der Waals surface area (Å²) in [6.07, 6.45) is 5.19. The van der Waals surface area contributed by atoms with Gasteiger partial charge in [0.25, 0.3) is 0 Å². The Morgan fingerprint density at radius 2 is 1.88 bits per heavy atom. The number of aromatic nitrogens is 4. The molecule has 0 radical (unpaired) electrons. The Kier molecular flexibility index (Phi) is 3.95. The molecule has 130 valence electrons. The summed E-state index contributed by atoms with van der Waals surface area (Å²) >= 11 is 0. The second kappa shape index (κ2) is 6.27. The minimum Gasteiger partial charge on any atom is -0.356 e. The molecule has 0 amide bonds. The molecule has 2 aromatic heterocycles. The number of benzene rings is 1. The Hall–Kier alpha value is -2.77.